The Balaban J connectivity index is 2.30. The number of hydrogen-bond acceptors (Lipinski definition) is 1. The normalized spacial score (nSPS) is 12.1. The van der Waals surface area contributed by atoms with Crippen molar-refractivity contribution in [2.24, 2.45) is 0 Å². The molecule has 92 valence electrons. The van der Waals surface area contributed by atoms with Gasteiger partial charge in [-0.3, -0.25) is 4.79 Å². The monoisotopic (exact) mass is 260 g/mol. The van der Waals surface area contributed by atoms with Crippen LogP contribution in [0.3, 0.4) is 0 Å². The topological polar surface area (TPSA) is 37.3 Å². The van der Waals surface area contributed by atoms with E-state index in [0.29, 0.717) is 17.0 Å². The second kappa shape index (κ2) is 5.69. The molecule has 0 fully saturated rings. The second-order valence-corrected chi connectivity index (χ2v) is 4.51. The zero-order valence-electron chi connectivity index (χ0n) is 9.71. The predicted molar refractivity (Wildman–Crippen MR) is 72.0 cm³/mol. The maximum atomic E-state index is 11.4. The molecule has 2 aromatic carbocycles. The molecule has 2 nitrogen and oxygen atoms in total. The maximum Gasteiger partial charge on any atom is 0.311 e. The summed E-state index contributed by atoms with van der Waals surface area (Å²) in [4.78, 5) is 11.4. The standard InChI is InChI=1S/C15H13ClO2/c16-14-9-5-4-8-12(14)13(15(17)18)10-11-6-2-1-3-7-11/h1-9,13H,10H2,(H,17,18). The van der Waals surface area contributed by atoms with E-state index in [1.165, 1.54) is 0 Å². The zero-order valence-corrected chi connectivity index (χ0v) is 10.5. The molecule has 1 N–H and O–H groups in total. The van der Waals surface area contributed by atoms with Gasteiger partial charge in [-0.15, -0.1) is 0 Å². The van der Waals surface area contributed by atoms with Crippen LogP contribution in [-0.4, -0.2) is 11.1 Å². The van der Waals surface area contributed by atoms with Gasteiger partial charge in [-0.1, -0.05) is 60.1 Å². The lowest BCUT2D eigenvalue weighted by Gasteiger charge is -2.14. The summed E-state index contributed by atoms with van der Waals surface area (Å²) in [7, 11) is 0. The largest absolute Gasteiger partial charge is 0.481 e. The fourth-order valence-corrected chi connectivity index (χ4v) is 2.21. The Morgan fingerprint density at radius 3 is 2.28 bits per heavy atom. The first kappa shape index (κ1) is 12.7. The average Bonchev–Trinajstić information content (AvgIpc) is 2.38. The summed E-state index contributed by atoms with van der Waals surface area (Å²) >= 11 is 6.07. The summed E-state index contributed by atoms with van der Waals surface area (Å²) in [6.07, 6.45) is 0.444. The van der Waals surface area contributed by atoms with E-state index < -0.39 is 11.9 Å². The number of carboxylic acids is 1. The summed E-state index contributed by atoms with van der Waals surface area (Å²) in [6.45, 7) is 0. The van der Waals surface area contributed by atoms with Crippen LogP contribution in [0.15, 0.2) is 54.6 Å². The fraction of sp³-hybridized carbons (Fsp3) is 0.133. The van der Waals surface area contributed by atoms with Crippen molar-refractivity contribution in [2.45, 2.75) is 12.3 Å². The van der Waals surface area contributed by atoms with Gasteiger partial charge in [0.05, 0.1) is 5.92 Å². The van der Waals surface area contributed by atoms with Crippen LogP contribution >= 0.6 is 11.6 Å². The smallest absolute Gasteiger partial charge is 0.311 e. The quantitative estimate of drug-likeness (QED) is 0.909. The molecule has 0 aromatic heterocycles. The van der Waals surface area contributed by atoms with Crippen LogP contribution in [0.4, 0.5) is 0 Å². The summed E-state index contributed by atoms with van der Waals surface area (Å²) in [5.74, 6) is -1.46. The highest BCUT2D eigenvalue weighted by Crippen LogP contribution is 2.27. The Hall–Kier alpha value is -1.80. The van der Waals surface area contributed by atoms with E-state index in [4.69, 9.17) is 11.6 Å². The van der Waals surface area contributed by atoms with Crippen LogP contribution in [0.5, 0.6) is 0 Å². The van der Waals surface area contributed by atoms with E-state index in [9.17, 15) is 9.90 Å². The van der Waals surface area contributed by atoms with E-state index in [1.54, 1.807) is 18.2 Å². The van der Waals surface area contributed by atoms with Crippen molar-refractivity contribution >= 4 is 17.6 Å². The Morgan fingerprint density at radius 2 is 1.67 bits per heavy atom. The molecule has 0 bridgehead atoms. The van der Waals surface area contributed by atoms with Crippen LogP contribution < -0.4 is 0 Å². The highest BCUT2D eigenvalue weighted by atomic mass is 35.5. The fourth-order valence-electron chi connectivity index (χ4n) is 1.94. The van der Waals surface area contributed by atoms with Crippen LogP contribution in [0.2, 0.25) is 5.02 Å². The molecule has 0 spiro atoms. The Labute approximate surface area is 111 Å². The first-order chi connectivity index (χ1) is 8.68. The minimum atomic E-state index is -0.855. The van der Waals surface area contributed by atoms with E-state index in [1.807, 2.05) is 36.4 Å². The molecular formula is C15H13ClO2. The van der Waals surface area contributed by atoms with Gasteiger partial charge >= 0.3 is 5.97 Å². The number of benzene rings is 2. The molecule has 0 aliphatic heterocycles. The molecule has 0 heterocycles. The zero-order chi connectivity index (χ0) is 13.0. The lowest BCUT2D eigenvalue weighted by molar-refractivity contribution is -0.138. The van der Waals surface area contributed by atoms with Crippen LogP contribution in [0.25, 0.3) is 0 Å². The van der Waals surface area contributed by atoms with E-state index >= 15 is 0 Å². The second-order valence-electron chi connectivity index (χ2n) is 4.10. The molecule has 0 radical (unpaired) electrons. The first-order valence-corrected chi connectivity index (χ1v) is 6.07. The van der Waals surface area contributed by atoms with Gasteiger partial charge in [-0.25, -0.2) is 0 Å². The number of hydrogen-bond donors (Lipinski definition) is 1. The van der Waals surface area contributed by atoms with Gasteiger partial charge < -0.3 is 5.11 Å². The predicted octanol–water partition coefficient (Wildman–Crippen LogP) is 3.75. The molecule has 2 aromatic rings. The van der Waals surface area contributed by atoms with Crippen molar-refractivity contribution in [1.82, 2.24) is 0 Å². The van der Waals surface area contributed by atoms with Crippen LogP contribution in [0.1, 0.15) is 17.0 Å². The number of rotatable bonds is 4. The minimum absolute atomic E-state index is 0.444. The molecule has 3 heteroatoms. The van der Waals surface area contributed by atoms with Gasteiger partial charge in [-0.05, 0) is 23.6 Å². The van der Waals surface area contributed by atoms with Crippen molar-refractivity contribution in [2.75, 3.05) is 0 Å². The van der Waals surface area contributed by atoms with Crippen molar-refractivity contribution in [3.8, 4) is 0 Å². The summed E-state index contributed by atoms with van der Waals surface area (Å²) in [6, 6.07) is 16.7. The van der Waals surface area contributed by atoms with Gasteiger partial charge in [0, 0.05) is 5.02 Å². The molecule has 0 amide bonds. The lowest BCUT2D eigenvalue weighted by atomic mass is 9.92. The van der Waals surface area contributed by atoms with E-state index in [0.717, 1.165) is 5.56 Å². The maximum absolute atomic E-state index is 11.4. The Bertz CT molecular complexity index is 537. The molecule has 0 aliphatic carbocycles. The summed E-state index contributed by atoms with van der Waals surface area (Å²) in [5, 5.41) is 9.85. The minimum Gasteiger partial charge on any atom is -0.481 e. The molecule has 0 aliphatic rings. The van der Waals surface area contributed by atoms with Crippen molar-refractivity contribution in [1.29, 1.82) is 0 Å². The van der Waals surface area contributed by atoms with Crippen molar-refractivity contribution in [3.63, 3.8) is 0 Å². The summed E-state index contributed by atoms with van der Waals surface area (Å²) < 4.78 is 0. The Kier molecular flexibility index (Phi) is 4.00. The SMILES string of the molecule is O=C(O)C(Cc1ccccc1)c1ccccc1Cl. The van der Waals surface area contributed by atoms with Gasteiger partial charge in [0.15, 0.2) is 0 Å². The van der Waals surface area contributed by atoms with Crippen LogP contribution in [0, 0.1) is 0 Å². The highest BCUT2D eigenvalue weighted by molar-refractivity contribution is 6.31. The number of aliphatic carboxylic acids is 1. The molecule has 2 rings (SSSR count). The molecule has 1 atom stereocenters. The van der Waals surface area contributed by atoms with Crippen LogP contribution in [-0.2, 0) is 11.2 Å². The molecule has 0 saturated heterocycles. The Morgan fingerprint density at radius 1 is 1.06 bits per heavy atom. The molecule has 18 heavy (non-hydrogen) atoms. The third-order valence-corrected chi connectivity index (χ3v) is 3.21. The van der Waals surface area contributed by atoms with E-state index in [-0.39, 0.29) is 0 Å². The van der Waals surface area contributed by atoms with E-state index in [2.05, 4.69) is 0 Å². The number of carbonyl (C=O) groups is 1. The number of carboxylic acid groups (broad SMARTS) is 1. The molecule has 1 unspecified atom stereocenters. The highest BCUT2D eigenvalue weighted by Gasteiger charge is 2.22. The van der Waals surface area contributed by atoms with Gasteiger partial charge in [0.25, 0.3) is 0 Å². The average molecular weight is 261 g/mol. The van der Waals surface area contributed by atoms with Crippen molar-refractivity contribution in [3.05, 3.63) is 70.7 Å². The number of halogens is 1. The third-order valence-electron chi connectivity index (χ3n) is 2.86. The van der Waals surface area contributed by atoms with Gasteiger partial charge in [-0.2, -0.15) is 0 Å². The van der Waals surface area contributed by atoms with Gasteiger partial charge in [0.1, 0.15) is 0 Å². The molecular weight excluding hydrogens is 248 g/mol. The van der Waals surface area contributed by atoms with Crippen molar-refractivity contribution < 1.29 is 9.90 Å². The van der Waals surface area contributed by atoms with Gasteiger partial charge in [0.2, 0.25) is 0 Å². The third kappa shape index (κ3) is 2.90. The molecule has 0 saturated carbocycles. The lowest BCUT2D eigenvalue weighted by Crippen LogP contribution is -2.14. The first-order valence-electron chi connectivity index (χ1n) is 5.69. The summed E-state index contributed by atoms with van der Waals surface area (Å²) in [5.41, 5.74) is 1.65.